The molecule has 14 nitrogen and oxygen atoms in total. The molecule has 3 N–H and O–H groups in total. The van der Waals surface area contributed by atoms with E-state index in [-0.39, 0.29) is 25.6 Å². The van der Waals surface area contributed by atoms with Crippen molar-refractivity contribution in [1.29, 1.82) is 0 Å². The first-order chi connectivity index (χ1) is 24.2. The quantitative estimate of drug-likeness (QED) is 0.0677. The number of tetrazole rings is 1. The number of ether oxygens (including phenoxy) is 3. The Morgan fingerprint density at radius 2 is 1.94 bits per heavy atom. The van der Waals surface area contributed by atoms with Crippen LogP contribution < -0.4 is 15.4 Å². The Balaban J connectivity index is 1.45. The number of carbonyl (C=O) groups excluding carboxylic acids is 3. The zero-order valence-corrected chi connectivity index (χ0v) is 28.5. The first-order valence-electron chi connectivity index (χ1n) is 16.2. The molecule has 1 aliphatic heterocycles. The summed E-state index contributed by atoms with van der Waals surface area (Å²) in [4.78, 5) is 38.9. The van der Waals surface area contributed by atoms with Crippen LogP contribution in [0.15, 0.2) is 67.1 Å². The fourth-order valence-corrected chi connectivity index (χ4v) is 5.84. The molecule has 2 aromatic carbocycles. The number of esters is 2. The molecular weight excluding hydrogens is 666 g/mol. The minimum Gasteiger partial charge on any atom is -0.464 e. The molecule has 0 saturated carbocycles. The number of methoxy groups -OCH3 is 1. The third-order valence-electron chi connectivity index (χ3n) is 8.07. The van der Waals surface area contributed by atoms with Crippen LogP contribution in [0.25, 0.3) is 22.9 Å². The van der Waals surface area contributed by atoms with Gasteiger partial charge in [-0.15, -0.1) is 5.10 Å². The molecule has 2 bridgehead atoms. The smallest absolute Gasteiger partial charge is 0.328 e. The molecule has 1 aliphatic rings. The number of rotatable bonds is 11. The van der Waals surface area contributed by atoms with Gasteiger partial charge in [0.15, 0.2) is 0 Å². The molecule has 2 aromatic heterocycles. The number of hydrogen-bond acceptors (Lipinski definition) is 11. The number of nitrogens with one attached hydrogen (secondary N) is 2. The van der Waals surface area contributed by atoms with Gasteiger partial charge in [0.2, 0.25) is 12.1 Å². The van der Waals surface area contributed by atoms with Gasteiger partial charge in [0, 0.05) is 51.9 Å². The Hall–Kier alpha value is -5.34. The highest BCUT2D eigenvalue weighted by molar-refractivity contribution is 6.30. The van der Waals surface area contributed by atoms with E-state index in [1.54, 1.807) is 43.3 Å². The summed E-state index contributed by atoms with van der Waals surface area (Å²) in [6.07, 6.45) is 8.13. The summed E-state index contributed by atoms with van der Waals surface area (Å²) in [6.45, 7) is 2.42. The summed E-state index contributed by atoms with van der Waals surface area (Å²) in [5.41, 5.74) is 4.43. The third-order valence-corrected chi connectivity index (χ3v) is 8.30. The zero-order valence-electron chi connectivity index (χ0n) is 27.8. The number of anilines is 1. The van der Waals surface area contributed by atoms with Crippen molar-refractivity contribution in [2.24, 2.45) is 0 Å². The third kappa shape index (κ3) is 9.42. The van der Waals surface area contributed by atoms with Crippen LogP contribution in [0.5, 0.6) is 0 Å². The van der Waals surface area contributed by atoms with Gasteiger partial charge in [-0.1, -0.05) is 36.6 Å². The number of pyridine rings is 1. The maximum Gasteiger partial charge on any atom is 0.328 e. The lowest BCUT2D eigenvalue weighted by Gasteiger charge is -2.23. The normalized spacial score (nSPS) is 16.0. The number of carbonyl (C=O) groups is 3. The first kappa shape index (κ1) is 36.0. The highest BCUT2D eigenvalue weighted by Crippen LogP contribution is 2.33. The summed E-state index contributed by atoms with van der Waals surface area (Å²) >= 11 is 6.24. The molecule has 0 fully saturated rings. The van der Waals surface area contributed by atoms with Gasteiger partial charge in [-0.3, -0.25) is 14.8 Å². The largest absolute Gasteiger partial charge is 0.464 e. The average molecular weight is 705 g/mol. The SMILES string of the molecule is CCOC(=O)C1CCCC[C@H](NC(=O)/C=C/c2cc(Cl)ccc2-n2cnnn2)c2cc(cc[n+]2O)-c2ccc(CC(=O)OCCOC)cc2N1. The van der Waals surface area contributed by atoms with E-state index < -0.39 is 24.0 Å². The molecule has 262 valence electrons. The van der Waals surface area contributed by atoms with Crippen LogP contribution in [-0.2, 0) is 35.0 Å². The van der Waals surface area contributed by atoms with Crippen molar-refractivity contribution in [3.8, 4) is 16.8 Å². The standard InChI is InChI=1S/C35H38ClN7O7/c1-3-49-35(46)29-7-5-4-6-28(39-33(44)13-9-25-20-26(36)10-12-31(25)42-22-37-40-41-42)32-21-24(14-15-43(32)47)27-11-8-23(18-30(27)38-29)19-34(45)50-17-16-48-2/h8-15,18,20-22,28-29,47H,3-7,16-17,19H2,1-2H3,(H,39,44)/p+1/b13-9+,27-24?,38-30?/t28-,29?/m0/s1. The zero-order chi connectivity index (χ0) is 35.5. The summed E-state index contributed by atoms with van der Waals surface area (Å²) in [5, 5.41) is 29.1. The van der Waals surface area contributed by atoms with Gasteiger partial charge in [0.1, 0.15) is 25.0 Å². The predicted molar refractivity (Wildman–Crippen MR) is 182 cm³/mol. The predicted octanol–water partition coefficient (Wildman–Crippen LogP) is 4.03. The van der Waals surface area contributed by atoms with Gasteiger partial charge in [-0.05, 0) is 71.7 Å². The van der Waals surface area contributed by atoms with Crippen molar-refractivity contribution >= 4 is 41.2 Å². The number of amides is 1. The molecular formula is C35H39ClN7O7+. The topological polar surface area (TPSA) is 171 Å². The van der Waals surface area contributed by atoms with Gasteiger partial charge in [0.25, 0.3) is 5.69 Å². The van der Waals surface area contributed by atoms with Gasteiger partial charge < -0.3 is 24.8 Å². The lowest BCUT2D eigenvalue weighted by Crippen LogP contribution is -2.41. The van der Waals surface area contributed by atoms with Gasteiger partial charge >= 0.3 is 11.9 Å². The van der Waals surface area contributed by atoms with Crippen molar-refractivity contribution in [3.05, 3.63) is 89.0 Å². The lowest BCUT2D eigenvalue weighted by atomic mass is 9.95. The second-order valence-electron chi connectivity index (χ2n) is 11.5. The number of nitrogens with zero attached hydrogens (tertiary/aromatic N) is 5. The summed E-state index contributed by atoms with van der Waals surface area (Å²) in [6, 6.07) is 12.9. The molecule has 2 atom stereocenters. The van der Waals surface area contributed by atoms with E-state index in [0.717, 1.165) is 10.3 Å². The number of hydrogen-bond donors (Lipinski definition) is 3. The maximum absolute atomic E-state index is 13.4. The van der Waals surface area contributed by atoms with E-state index in [1.807, 2.05) is 18.2 Å². The van der Waals surface area contributed by atoms with Crippen LogP contribution in [-0.4, -0.2) is 76.2 Å². The first-order valence-corrected chi connectivity index (χ1v) is 16.6. The molecule has 4 aromatic rings. The van der Waals surface area contributed by atoms with Gasteiger partial charge in [-0.2, -0.15) is 4.68 Å². The Labute approximate surface area is 294 Å². The minimum atomic E-state index is -0.661. The fraction of sp³-hybridized carbons (Fsp3) is 0.343. The molecule has 15 heteroatoms. The highest BCUT2D eigenvalue weighted by Gasteiger charge is 2.28. The number of benzene rings is 2. The Morgan fingerprint density at radius 3 is 2.72 bits per heavy atom. The molecule has 1 unspecified atom stereocenters. The van der Waals surface area contributed by atoms with E-state index in [0.29, 0.717) is 71.1 Å². The van der Waals surface area contributed by atoms with Crippen molar-refractivity contribution in [2.75, 3.05) is 32.2 Å². The Kier molecular flexibility index (Phi) is 12.5. The summed E-state index contributed by atoms with van der Waals surface area (Å²) in [5.74, 6) is -1.20. The molecule has 0 saturated heterocycles. The van der Waals surface area contributed by atoms with Crippen LogP contribution in [0.2, 0.25) is 5.02 Å². The van der Waals surface area contributed by atoms with E-state index in [1.165, 1.54) is 30.4 Å². The van der Waals surface area contributed by atoms with Crippen molar-refractivity contribution in [3.63, 3.8) is 0 Å². The van der Waals surface area contributed by atoms with E-state index in [4.69, 9.17) is 25.8 Å². The monoisotopic (exact) mass is 704 g/mol. The molecule has 5 rings (SSSR count). The molecule has 0 radical (unpaired) electrons. The summed E-state index contributed by atoms with van der Waals surface area (Å²) in [7, 11) is 1.53. The fourth-order valence-electron chi connectivity index (χ4n) is 5.66. The molecule has 0 spiro atoms. The highest BCUT2D eigenvalue weighted by atomic mass is 35.5. The second kappa shape index (κ2) is 17.4. The molecule has 0 aliphatic carbocycles. The van der Waals surface area contributed by atoms with E-state index in [9.17, 15) is 19.6 Å². The number of fused-ring (bicyclic) bond motifs is 4. The van der Waals surface area contributed by atoms with Crippen LogP contribution >= 0.6 is 11.6 Å². The lowest BCUT2D eigenvalue weighted by molar-refractivity contribution is -0.910. The van der Waals surface area contributed by atoms with Crippen LogP contribution in [0.1, 0.15) is 55.5 Å². The van der Waals surface area contributed by atoms with Gasteiger partial charge in [-0.25, -0.2) is 4.79 Å². The Bertz CT molecular complexity index is 1830. The van der Waals surface area contributed by atoms with Gasteiger partial charge in [0.05, 0.1) is 25.3 Å². The van der Waals surface area contributed by atoms with E-state index >= 15 is 0 Å². The van der Waals surface area contributed by atoms with Crippen molar-refractivity contribution < 1.29 is 38.5 Å². The number of halogens is 1. The van der Waals surface area contributed by atoms with Crippen molar-refractivity contribution in [2.45, 2.75) is 51.1 Å². The number of aromatic nitrogens is 5. The maximum atomic E-state index is 13.4. The summed E-state index contributed by atoms with van der Waals surface area (Å²) < 4.78 is 18.1. The average Bonchev–Trinajstić information content (AvgIpc) is 3.63. The van der Waals surface area contributed by atoms with E-state index in [2.05, 4.69) is 26.2 Å². The van der Waals surface area contributed by atoms with Crippen molar-refractivity contribution in [1.82, 2.24) is 25.5 Å². The molecule has 1 amide bonds. The Morgan fingerprint density at radius 1 is 1.10 bits per heavy atom. The second-order valence-corrected chi connectivity index (χ2v) is 12.0. The van der Waals surface area contributed by atoms with Crippen LogP contribution in [0.4, 0.5) is 5.69 Å². The molecule has 3 heterocycles. The molecule has 50 heavy (non-hydrogen) atoms. The minimum absolute atomic E-state index is 0.0213. The van der Waals surface area contributed by atoms with Crippen LogP contribution in [0, 0.1) is 0 Å². The van der Waals surface area contributed by atoms with Crippen LogP contribution in [0.3, 0.4) is 0 Å².